The van der Waals surface area contributed by atoms with Crippen LogP contribution in [0.1, 0.15) is 24.1 Å². The summed E-state index contributed by atoms with van der Waals surface area (Å²) in [6, 6.07) is 7.41. The average Bonchev–Trinajstić information content (AvgIpc) is 3.14. The summed E-state index contributed by atoms with van der Waals surface area (Å²) in [5, 5.41) is 10.5. The van der Waals surface area contributed by atoms with Crippen LogP contribution in [-0.4, -0.2) is 37.0 Å². The number of benzene rings is 2. The van der Waals surface area contributed by atoms with Gasteiger partial charge < -0.3 is 19.3 Å². The maximum atomic E-state index is 13.7. The van der Waals surface area contributed by atoms with Gasteiger partial charge in [0.15, 0.2) is 16.3 Å². The van der Waals surface area contributed by atoms with Crippen molar-refractivity contribution in [2.45, 2.75) is 13.0 Å². The lowest BCUT2D eigenvalue weighted by atomic mass is 9.95. The second-order valence-corrected chi connectivity index (χ2v) is 9.81. The second kappa shape index (κ2) is 9.88. The lowest BCUT2D eigenvalue weighted by molar-refractivity contribution is -0.136. The molecule has 0 radical (unpaired) electrons. The van der Waals surface area contributed by atoms with E-state index in [1.165, 1.54) is 37.2 Å². The number of methoxy groups -OCH3 is 3. The van der Waals surface area contributed by atoms with E-state index in [1.807, 2.05) is 0 Å². The van der Waals surface area contributed by atoms with E-state index in [1.54, 1.807) is 43.3 Å². The Bertz CT molecular complexity index is 1560. The van der Waals surface area contributed by atoms with Crippen LogP contribution in [0.5, 0.6) is 17.2 Å². The summed E-state index contributed by atoms with van der Waals surface area (Å²) in [5.41, 5.74) is 1.42. The third-order valence-corrected chi connectivity index (χ3v) is 7.30. The molecule has 0 saturated heterocycles. The molecule has 1 aromatic heterocycles. The number of hydrogen-bond donors (Lipinski definition) is 1. The van der Waals surface area contributed by atoms with Crippen LogP contribution in [-0.2, 0) is 9.53 Å². The number of hydrogen-bond acceptors (Lipinski definition) is 8. The molecule has 1 aliphatic heterocycles. The van der Waals surface area contributed by atoms with Gasteiger partial charge >= 0.3 is 5.97 Å². The summed E-state index contributed by atoms with van der Waals surface area (Å²) < 4.78 is 18.0. The van der Waals surface area contributed by atoms with Crippen molar-refractivity contribution < 1.29 is 24.1 Å². The molecule has 1 atom stereocenters. The number of aromatic nitrogens is 1. The maximum absolute atomic E-state index is 13.7. The first kappa shape index (κ1) is 25.0. The van der Waals surface area contributed by atoms with Crippen molar-refractivity contribution in [1.82, 2.24) is 4.57 Å². The molecular formula is C24H20BrClN2O6S. The molecule has 1 aliphatic rings. The summed E-state index contributed by atoms with van der Waals surface area (Å²) in [6.45, 7) is 1.69. The van der Waals surface area contributed by atoms with Crippen LogP contribution >= 0.6 is 38.9 Å². The van der Waals surface area contributed by atoms with Gasteiger partial charge in [-0.3, -0.25) is 9.36 Å². The van der Waals surface area contributed by atoms with E-state index in [4.69, 9.17) is 25.8 Å². The molecule has 8 nitrogen and oxygen atoms in total. The molecule has 11 heteroatoms. The molecule has 0 unspecified atom stereocenters. The average molecular weight is 580 g/mol. The van der Waals surface area contributed by atoms with Gasteiger partial charge in [0.1, 0.15) is 11.8 Å². The minimum Gasteiger partial charge on any atom is -0.503 e. The Morgan fingerprint density at radius 2 is 1.91 bits per heavy atom. The molecule has 0 bridgehead atoms. The Hall–Kier alpha value is -3.08. The Balaban J connectivity index is 2.02. The number of aromatic hydroxyl groups is 1. The van der Waals surface area contributed by atoms with E-state index in [0.29, 0.717) is 41.4 Å². The van der Waals surface area contributed by atoms with Gasteiger partial charge in [-0.25, -0.2) is 9.79 Å². The summed E-state index contributed by atoms with van der Waals surface area (Å²) in [7, 11) is 4.21. The summed E-state index contributed by atoms with van der Waals surface area (Å²) in [6.07, 6.45) is 1.67. The Morgan fingerprint density at radius 1 is 1.20 bits per heavy atom. The van der Waals surface area contributed by atoms with Crippen LogP contribution < -0.4 is 24.4 Å². The van der Waals surface area contributed by atoms with Crippen molar-refractivity contribution in [3.63, 3.8) is 0 Å². The SMILES string of the molecule is COC(=O)C1=C(C)N=c2s/c(=C\c3cc(Br)c(O)c(OC)c3)c(=O)n2[C@@H]1c1cc(Cl)ccc1OC. The van der Waals surface area contributed by atoms with E-state index in [0.717, 1.165) is 0 Å². The standard InChI is InChI=1S/C24H20BrClN2O6S/c1-11-19(23(31)34-4)20(14-10-13(26)5-6-16(14)32-2)28-22(30)18(35-24(28)27-11)9-12-7-15(25)21(29)17(8-12)33-3/h5-10,20,29H,1-4H3/b18-9-/t20-/m1/s1. The number of carbonyl (C=O) groups is 1. The highest BCUT2D eigenvalue weighted by atomic mass is 79.9. The molecule has 0 spiro atoms. The lowest BCUT2D eigenvalue weighted by Gasteiger charge is -2.25. The van der Waals surface area contributed by atoms with Gasteiger partial charge in [-0.2, -0.15) is 0 Å². The fourth-order valence-corrected chi connectivity index (χ4v) is 5.58. The molecular weight excluding hydrogens is 560 g/mol. The van der Waals surface area contributed by atoms with Gasteiger partial charge in [-0.05, 0) is 64.8 Å². The largest absolute Gasteiger partial charge is 0.503 e. The summed E-state index contributed by atoms with van der Waals surface area (Å²) in [5.74, 6) is 0.0540. The van der Waals surface area contributed by atoms with E-state index in [-0.39, 0.29) is 22.6 Å². The van der Waals surface area contributed by atoms with Crippen LogP contribution in [0.15, 0.2) is 55.9 Å². The van der Waals surface area contributed by atoms with Gasteiger partial charge in [0, 0.05) is 10.6 Å². The number of nitrogens with zero attached hydrogens (tertiary/aromatic N) is 2. The van der Waals surface area contributed by atoms with Crippen LogP contribution in [0.2, 0.25) is 5.02 Å². The Morgan fingerprint density at radius 3 is 2.57 bits per heavy atom. The third kappa shape index (κ3) is 4.49. The highest BCUT2D eigenvalue weighted by Crippen LogP contribution is 2.37. The molecule has 2 heterocycles. The molecule has 0 fully saturated rings. The van der Waals surface area contributed by atoms with Crippen molar-refractivity contribution in [3.8, 4) is 17.2 Å². The zero-order valence-electron chi connectivity index (χ0n) is 19.1. The number of thiazole rings is 1. The molecule has 3 aromatic rings. The zero-order chi connectivity index (χ0) is 25.4. The predicted molar refractivity (Wildman–Crippen MR) is 136 cm³/mol. The van der Waals surface area contributed by atoms with Crippen molar-refractivity contribution in [3.05, 3.63) is 81.9 Å². The van der Waals surface area contributed by atoms with Crippen LogP contribution in [0, 0.1) is 0 Å². The van der Waals surface area contributed by atoms with E-state index < -0.39 is 12.0 Å². The van der Waals surface area contributed by atoms with Gasteiger partial charge in [-0.1, -0.05) is 22.9 Å². The van der Waals surface area contributed by atoms with Gasteiger partial charge in [-0.15, -0.1) is 0 Å². The first-order valence-electron chi connectivity index (χ1n) is 10.2. The highest BCUT2D eigenvalue weighted by Gasteiger charge is 2.35. The number of phenolic OH excluding ortho intramolecular Hbond substituents is 1. The number of esters is 1. The monoisotopic (exact) mass is 578 g/mol. The fraction of sp³-hybridized carbons (Fsp3) is 0.208. The van der Waals surface area contributed by atoms with E-state index in [2.05, 4.69) is 20.9 Å². The molecule has 0 aliphatic carbocycles. The van der Waals surface area contributed by atoms with Crippen LogP contribution in [0.4, 0.5) is 0 Å². The van der Waals surface area contributed by atoms with E-state index in [9.17, 15) is 14.7 Å². The van der Waals surface area contributed by atoms with Crippen LogP contribution in [0.3, 0.4) is 0 Å². The molecule has 182 valence electrons. The van der Waals surface area contributed by atoms with Gasteiger partial charge in [0.05, 0.1) is 41.6 Å². The zero-order valence-corrected chi connectivity index (χ0v) is 22.2. The number of rotatable bonds is 5. The third-order valence-electron chi connectivity index (χ3n) is 5.48. The molecule has 35 heavy (non-hydrogen) atoms. The van der Waals surface area contributed by atoms with E-state index >= 15 is 0 Å². The normalized spacial score (nSPS) is 15.5. The molecule has 0 saturated carbocycles. The van der Waals surface area contributed by atoms with Gasteiger partial charge in [0.2, 0.25) is 0 Å². The quantitative estimate of drug-likeness (QED) is 0.464. The minimum absolute atomic E-state index is 0.0440. The Labute approximate surface area is 217 Å². The molecule has 0 amide bonds. The molecule has 4 rings (SSSR count). The summed E-state index contributed by atoms with van der Waals surface area (Å²) >= 11 is 10.8. The lowest BCUT2D eigenvalue weighted by Crippen LogP contribution is -2.40. The number of carbonyl (C=O) groups excluding carboxylic acids is 1. The Kier molecular flexibility index (Phi) is 7.07. The second-order valence-electron chi connectivity index (χ2n) is 7.51. The number of phenols is 1. The fourth-order valence-electron chi connectivity index (χ4n) is 3.89. The topological polar surface area (TPSA) is 99.4 Å². The predicted octanol–water partition coefficient (Wildman–Crippen LogP) is 3.55. The van der Waals surface area contributed by atoms with Crippen molar-refractivity contribution in [2.24, 2.45) is 4.99 Å². The number of ether oxygens (including phenoxy) is 3. The van der Waals surface area contributed by atoms with Gasteiger partial charge in [0.25, 0.3) is 5.56 Å². The van der Waals surface area contributed by atoms with Crippen molar-refractivity contribution in [2.75, 3.05) is 21.3 Å². The number of fused-ring (bicyclic) bond motifs is 1. The smallest absolute Gasteiger partial charge is 0.338 e. The van der Waals surface area contributed by atoms with Crippen LogP contribution in [0.25, 0.3) is 6.08 Å². The number of allylic oxidation sites excluding steroid dienone is 1. The van der Waals surface area contributed by atoms with Crippen molar-refractivity contribution in [1.29, 1.82) is 0 Å². The molecule has 2 aromatic carbocycles. The first-order chi connectivity index (χ1) is 16.7. The minimum atomic E-state index is -0.865. The number of halogens is 2. The first-order valence-corrected chi connectivity index (χ1v) is 12.2. The summed E-state index contributed by atoms with van der Waals surface area (Å²) in [4.78, 5) is 31.5. The highest BCUT2D eigenvalue weighted by molar-refractivity contribution is 9.10. The van der Waals surface area contributed by atoms with Crippen molar-refractivity contribution >= 4 is 50.9 Å². The molecule has 1 N–H and O–H groups in total. The maximum Gasteiger partial charge on any atom is 0.338 e.